The molecule has 0 unspecified atom stereocenters. The van der Waals surface area contributed by atoms with Gasteiger partial charge in [-0.25, -0.2) is 4.74 Å². The van der Waals surface area contributed by atoms with Gasteiger partial charge in [-0.05, 0) is 24.1 Å². The standard InChI is InChI=1S/C16H17NO/c18-17(14-16-10-5-2-6-11-16)13-7-12-15-8-3-1-4-9-15/h1-6,8-11,14H,7,12-13H2/b17-14-. The minimum absolute atomic E-state index is 0.532. The molecule has 0 saturated carbocycles. The summed E-state index contributed by atoms with van der Waals surface area (Å²) in [6, 6.07) is 19.9. The van der Waals surface area contributed by atoms with Crippen molar-refractivity contribution in [2.45, 2.75) is 12.8 Å². The summed E-state index contributed by atoms with van der Waals surface area (Å²) in [6.45, 7) is 0.532. The Balaban J connectivity index is 1.82. The summed E-state index contributed by atoms with van der Waals surface area (Å²) in [6.07, 6.45) is 3.46. The zero-order valence-corrected chi connectivity index (χ0v) is 10.3. The van der Waals surface area contributed by atoms with E-state index in [0.717, 1.165) is 23.1 Å². The summed E-state index contributed by atoms with van der Waals surface area (Å²) in [5, 5.41) is 11.7. The second kappa shape index (κ2) is 6.60. The van der Waals surface area contributed by atoms with E-state index in [4.69, 9.17) is 0 Å². The topological polar surface area (TPSA) is 26.1 Å². The lowest BCUT2D eigenvalue weighted by Gasteiger charge is -2.04. The van der Waals surface area contributed by atoms with Crippen LogP contribution in [0, 0.1) is 5.21 Å². The van der Waals surface area contributed by atoms with E-state index >= 15 is 0 Å². The highest BCUT2D eigenvalue weighted by molar-refractivity contribution is 5.75. The molecule has 0 heterocycles. The average molecular weight is 239 g/mol. The predicted molar refractivity (Wildman–Crippen MR) is 74.9 cm³/mol. The summed E-state index contributed by atoms with van der Waals surface area (Å²) in [7, 11) is 0. The van der Waals surface area contributed by atoms with Crippen LogP contribution in [0.3, 0.4) is 0 Å². The first-order valence-electron chi connectivity index (χ1n) is 6.22. The molecule has 2 heteroatoms. The van der Waals surface area contributed by atoms with Crippen molar-refractivity contribution in [1.29, 1.82) is 0 Å². The molecule has 0 fully saturated rings. The number of hydroxylamine groups is 1. The van der Waals surface area contributed by atoms with E-state index in [0.29, 0.717) is 6.54 Å². The number of rotatable bonds is 5. The van der Waals surface area contributed by atoms with E-state index in [1.54, 1.807) is 6.21 Å². The lowest BCUT2D eigenvalue weighted by atomic mass is 10.1. The second-order valence-corrected chi connectivity index (χ2v) is 4.27. The maximum absolute atomic E-state index is 11.7. The maximum Gasteiger partial charge on any atom is 0.181 e. The molecule has 0 aliphatic carbocycles. The Morgan fingerprint density at radius 2 is 1.50 bits per heavy atom. The van der Waals surface area contributed by atoms with Gasteiger partial charge in [-0.15, -0.1) is 0 Å². The number of nitrogens with zero attached hydrogens (tertiary/aromatic N) is 1. The number of hydrogen-bond donors (Lipinski definition) is 0. The third-order valence-corrected chi connectivity index (χ3v) is 2.78. The van der Waals surface area contributed by atoms with Crippen LogP contribution in [0.2, 0.25) is 0 Å². The largest absolute Gasteiger partial charge is 0.624 e. The molecule has 0 spiro atoms. The van der Waals surface area contributed by atoms with E-state index in [2.05, 4.69) is 12.1 Å². The first-order valence-corrected chi connectivity index (χ1v) is 6.22. The molecule has 0 radical (unpaired) electrons. The van der Waals surface area contributed by atoms with Gasteiger partial charge in [0.15, 0.2) is 12.8 Å². The fourth-order valence-electron chi connectivity index (χ4n) is 1.85. The average Bonchev–Trinajstić information content (AvgIpc) is 2.41. The van der Waals surface area contributed by atoms with Crippen molar-refractivity contribution in [3.8, 4) is 0 Å². The van der Waals surface area contributed by atoms with Gasteiger partial charge in [0.25, 0.3) is 0 Å². The molecule has 0 aromatic heterocycles. The zero-order valence-electron chi connectivity index (χ0n) is 10.3. The SMILES string of the molecule is [O-]/[N+](=C\c1ccccc1)CCCc1ccccc1. The summed E-state index contributed by atoms with van der Waals surface area (Å²) < 4.78 is 1.01. The Kier molecular flexibility index (Phi) is 4.53. The van der Waals surface area contributed by atoms with Gasteiger partial charge in [-0.2, -0.15) is 0 Å². The molecule has 0 N–H and O–H groups in total. The van der Waals surface area contributed by atoms with E-state index in [1.165, 1.54) is 5.56 Å². The van der Waals surface area contributed by atoms with E-state index in [9.17, 15) is 5.21 Å². The van der Waals surface area contributed by atoms with Crippen LogP contribution < -0.4 is 0 Å². The minimum Gasteiger partial charge on any atom is -0.624 e. The monoisotopic (exact) mass is 239 g/mol. The van der Waals surface area contributed by atoms with Crippen molar-refractivity contribution in [3.05, 3.63) is 77.0 Å². The lowest BCUT2D eigenvalue weighted by molar-refractivity contribution is -0.452. The van der Waals surface area contributed by atoms with Gasteiger partial charge in [0, 0.05) is 12.0 Å². The molecule has 0 bridgehead atoms. The third kappa shape index (κ3) is 4.06. The van der Waals surface area contributed by atoms with Crippen molar-refractivity contribution < 1.29 is 4.74 Å². The van der Waals surface area contributed by atoms with Gasteiger partial charge in [0.1, 0.15) is 0 Å². The molecule has 18 heavy (non-hydrogen) atoms. The van der Waals surface area contributed by atoms with Crippen LogP contribution in [0.25, 0.3) is 0 Å². The normalized spacial score (nSPS) is 11.4. The van der Waals surface area contributed by atoms with Gasteiger partial charge >= 0.3 is 0 Å². The van der Waals surface area contributed by atoms with E-state index in [-0.39, 0.29) is 0 Å². The van der Waals surface area contributed by atoms with Crippen molar-refractivity contribution in [2.75, 3.05) is 6.54 Å². The molecule has 0 saturated heterocycles. The lowest BCUT2D eigenvalue weighted by Crippen LogP contribution is -2.08. The van der Waals surface area contributed by atoms with Crippen LogP contribution in [0.5, 0.6) is 0 Å². The fraction of sp³-hybridized carbons (Fsp3) is 0.188. The van der Waals surface area contributed by atoms with Gasteiger partial charge in [-0.1, -0.05) is 48.5 Å². The van der Waals surface area contributed by atoms with Crippen LogP contribution in [-0.4, -0.2) is 17.5 Å². The molecule has 2 rings (SSSR count). The maximum atomic E-state index is 11.7. The Morgan fingerprint density at radius 3 is 2.17 bits per heavy atom. The molecule has 92 valence electrons. The van der Waals surface area contributed by atoms with Gasteiger partial charge in [0.05, 0.1) is 0 Å². The first-order chi connectivity index (χ1) is 8.84. The molecule has 2 aromatic carbocycles. The fourth-order valence-corrected chi connectivity index (χ4v) is 1.85. The highest BCUT2D eigenvalue weighted by atomic mass is 16.5. The smallest absolute Gasteiger partial charge is 0.181 e. The Hall–Kier alpha value is -2.09. The number of hydrogen-bond acceptors (Lipinski definition) is 1. The minimum atomic E-state index is 0.532. The summed E-state index contributed by atoms with van der Waals surface area (Å²) in [5.41, 5.74) is 2.23. The van der Waals surface area contributed by atoms with Crippen molar-refractivity contribution in [3.63, 3.8) is 0 Å². The van der Waals surface area contributed by atoms with Crippen molar-refractivity contribution >= 4 is 6.21 Å². The highest BCUT2D eigenvalue weighted by Gasteiger charge is 1.97. The van der Waals surface area contributed by atoms with Gasteiger partial charge < -0.3 is 5.21 Å². The summed E-state index contributed by atoms with van der Waals surface area (Å²) >= 11 is 0. The zero-order chi connectivity index (χ0) is 12.6. The van der Waals surface area contributed by atoms with E-state index < -0.39 is 0 Å². The van der Waals surface area contributed by atoms with Crippen molar-refractivity contribution in [1.82, 2.24) is 0 Å². The molecule has 2 nitrogen and oxygen atoms in total. The van der Waals surface area contributed by atoms with Crippen LogP contribution >= 0.6 is 0 Å². The molecule has 2 aromatic rings. The first kappa shape index (κ1) is 12.4. The number of aryl methyl sites for hydroxylation is 1. The Morgan fingerprint density at radius 1 is 0.889 bits per heavy atom. The van der Waals surface area contributed by atoms with Gasteiger partial charge in [0.2, 0.25) is 0 Å². The van der Waals surface area contributed by atoms with Gasteiger partial charge in [-0.3, -0.25) is 0 Å². The van der Waals surface area contributed by atoms with Crippen molar-refractivity contribution in [2.24, 2.45) is 0 Å². The summed E-state index contributed by atoms with van der Waals surface area (Å²) in [4.78, 5) is 0. The molecular formula is C16H17NO. The predicted octanol–water partition coefficient (Wildman–Crippen LogP) is 3.25. The summed E-state index contributed by atoms with van der Waals surface area (Å²) in [5.74, 6) is 0. The molecule has 0 aliphatic heterocycles. The Labute approximate surface area is 108 Å². The third-order valence-electron chi connectivity index (χ3n) is 2.78. The molecular weight excluding hydrogens is 222 g/mol. The Bertz CT molecular complexity index is 491. The van der Waals surface area contributed by atoms with Crippen LogP contribution in [0.4, 0.5) is 0 Å². The highest BCUT2D eigenvalue weighted by Crippen LogP contribution is 2.02. The molecule has 0 atom stereocenters. The van der Waals surface area contributed by atoms with Crippen LogP contribution in [0.1, 0.15) is 17.5 Å². The molecule has 0 amide bonds. The molecule has 0 aliphatic rings. The second-order valence-electron chi connectivity index (χ2n) is 4.27. The van der Waals surface area contributed by atoms with Crippen LogP contribution in [0.15, 0.2) is 60.7 Å². The van der Waals surface area contributed by atoms with E-state index in [1.807, 2.05) is 48.5 Å². The van der Waals surface area contributed by atoms with Crippen LogP contribution in [-0.2, 0) is 6.42 Å². The quantitative estimate of drug-likeness (QED) is 0.340. The number of benzene rings is 2.